The highest BCUT2D eigenvalue weighted by atomic mass is 19.1. The highest BCUT2D eigenvalue weighted by Gasteiger charge is 2.11. The van der Waals surface area contributed by atoms with E-state index in [1.807, 2.05) is 0 Å². The van der Waals surface area contributed by atoms with Gasteiger partial charge in [-0.3, -0.25) is 0 Å². The topological polar surface area (TPSA) is 26.3 Å². The third-order valence-electron chi connectivity index (χ3n) is 2.83. The van der Waals surface area contributed by atoms with Crippen molar-refractivity contribution in [3.05, 3.63) is 59.2 Å². The predicted octanol–water partition coefficient (Wildman–Crippen LogP) is 3.73. The van der Waals surface area contributed by atoms with Gasteiger partial charge in [-0.05, 0) is 53.9 Å². The quantitative estimate of drug-likeness (QED) is 0.771. The predicted molar refractivity (Wildman–Crippen MR) is 67.9 cm³/mol. The van der Waals surface area contributed by atoms with Gasteiger partial charge in [-0.25, -0.2) is 13.6 Å². The van der Waals surface area contributed by atoms with E-state index in [4.69, 9.17) is 0 Å². The Morgan fingerprint density at radius 2 is 1.79 bits per heavy atom. The molecule has 0 N–H and O–H groups in total. The first-order chi connectivity index (χ1) is 9.01. The summed E-state index contributed by atoms with van der Waals surface area (Å²) < 4.78 is 31.4. The molecule has 2 rings (SSSR count). The average Bonchev–Trinajstić information content (AvgIpc) is 2.39. The molecule has 0 heterocycles. The first kappa shape index (κ1) is 13.2. The summed E-state index contributed by atoms with van der Waals surface area (Å²) >= 11 is 0. The first-order valence-electron chi connectivity index (χ1n) is 5.66. The van der Waals surface area contributed by atoms with Crippen LogP contribution in [-0.4, -0.2) is 13.1 Å². The van der Waals surface area contributed by atoms with E-state index in [9.17, 15) is 13.6 Å². The third-order valence-corrected chi connectivity index (χ3v) is 2.83. The molecule has 0 bridgehead atoms. The molecule has 4 heteroatoms. The van der Waals surface area contributed by atoms with Crippen molar-refractivity contribution in [2.45, 2.75) is 6.92 Å². The van der Waals surface area contributed by atoms with Crippen molar-refractivity contribution in [2.75, 3.05) is 7.11 Å². The molecule has 0 atom stereocenters. The van der Waals surface area contributed by atoms with Gasteiger partial charge in [0, 0.05) is 0 Å². The summed E-state index contributed by atoms with van der Waals surface area (Å²) in [5.41, 5.74) is 1.88. The lowest BCUT2D eigenvalue weighted by Gasteiger charge is -2.08. The van der Waals surface area contributed by atoms with Crippen LogP contribution in [0, 0.1) is 18.6 Å². The van der Waals surface area contributed by atoms with Crippen molar-refractivity contribution in [1.82, 2.24) is 0 Å². The molecule has 0 aromatic heterocycles. The Kier molecular flexibility index (Phi) is 3.60. The molecular weight excluding hydrogens is 250 g/mol. The molecule has 0 aliphatic carbocycles. The summed E-state index contributed by atoms with van der Waals surface area (Å²) in [7, 11) is 1.22. The van der Waals surface area contributed by atoms with E-state index < -0.39 is 17.6 Å². The van der Waals surface area contributed by atoms with Crippen LogP contribution < -0.4 is 0 Å². The van der Waals surface area contributed by atoms with Crippen LogP contribution in [0.25, 0.3) is 11.1 Å². The maximum atomic E-state index is 13.5. The van der Waals surface area contributed by atoms with Gasteiger partial charge in [0.1, 0.15) is 11.6 Å². The molecule has 19 heavy (non-hydrogen) atoms. The molecule has 2 aromatic rings. The number of hydrogen-bond donors (Lipinski definition) is 0. The summed E-state index contributed by atoms with van der Waals surface area (Å²) in [6, 6.07) is 8.08. The van der Waals surface area contributed by atoms with Gasteiger partial charge in [0.15, 0.2) is 0 Å². The standard InChI is InChI=1S/C15H12F2O2/c1-9-3-4-12(16)8-14(9)10-5-11(15(18)19-2)7-13(17)6-10/h3-8H,1-2H3. The first-order valence-corrected chi connectivity index (χ1v) is 5.66. The number of carbonyl (C=O) groups is 1. The highest BCUT2D eigenvalue weighted by Crippen LogP contribution is 2.26. The van der Waals surface area contributed by atoms with E-state index in [0.29, 0.717) is 11.1 Å². The zero-order valence-corrected chi connectivity index (χ0v) is 10.5. The lowest BCUT2D eigenvalue weighted by atomic mass is 9.98. The molecule has 0 saturated heterocycles. The zero-order chi connectivity index (χ0) is 14.0. The van der Waals surface area contributed by atoms with Crippen molar-refractivity contribution in [3.8, 4) is 11.1 Å². The normalized spacial score (nSPS) is 10.3. The number of carbonyl (C=O) groups excluding carboxylic acids is 1. The van der Waals surface area contributed by atoms with Crippen molar-refractivity contribution in [1.29, 1.82) is 0 Å². The molecule has 0 fully saturated rings. The molecule has 2 nitrogen and oxygen atoms in total. The lowest BCUT2D eigenvalue weighted by molar-refractivity contribution is 0.0600. The average molecular weight is 262 g/mol. The molecule has 0 spiro atoms. The number of benzene rings is 2. The molecule has 0 unspecified atom stereocenters. The van der Waals surface area contributed by atoms with E-state index in [2.05, 4.69) is 4.74 Å². The number of esters is 1. The minimum atomic E-state index is -0.630. The Morgan fingerprint density at radius 1 is 1.05 bits per heavy atom. The molecule has 0 radical (unpaired) electrons. The van der Waals surface area contributed by atoms with Gasteiger partial charge in [-0.2, -0.15) is 0 Å². The fraction of sp³-hybridized carbons (Fsp3) is 0.133. The smallest absolute Gasteiger partial charge is 0.337 e. The SMILES string of the molecule is COC(=O)c1cc(F)cc(-c2cc(F)ccc2C)c1. The Morgan fingerprint density at radius 3 is 2.47 bits per heavy atom. The second kappa shape index (κ2) is 5.18. The summed E-state index contributed by atoms with van der Waals surface area (Å²) in [6.45, 7) is 1.79. The van der Waals surface area contributed by atoms with Gasteiger partial charge in [-0.1, -0.05) is 6.07 Å². The van der Waals surface area contributed by atoms with Gasteiger partial charge in [0.05, 0.1) is 12.7 Å². The molecule has 2 aromatic carbocycles. The maximum absolute atomic E-state index is 13.5. The molecule has 0 amide bonds. The van der Waals surface area contributed by atoms with Crippen molar-refractivity contribution < 1.29 is 18.3 Å². The van der Waals surface area contributed by atoms with Crippen LogP contribution >= 0.6 is 0 Å². The fourth-order valence-corrected chi connectivity index (χ4v) is 1.89. The van der Waals surface area contributed by atoms with Gasteiger partial charge in [0.2, 0.25) is 0 Å². The van der Waals surface area contributed by atoms with Gasteiger partial charge < -0.3 is 4.74 Å². The fourth-order valence-electron chi connectivity index (χ4n) is 1.89. The highest BCUT2D eigenvalue weighted by molar-refractivity contribution is 5.91. The number of rotatable bonds is 2. The molecule has 0 aliphatic rings. The van der Waals surface area contributed by atoms with Crippen LogP contribution in [0.2, 0.25) is 0 Å². The van der Waals surface area contributed by atoms with E-state index >= 15 is 0 Å². The summed E-state index contributed by atoms with van der Waals surface area (Å²) in [5.74, 6) is -1.61. The summed E-state index contributed by atoms with van der Waals surface area (Å²) in [4.78, 5) is 11.4. The molecule has 0 saturated carbocycles. The summed E-state index contributed by atoms with van der Waals surface area (Å²) in [5, 5.41) is 0. The number of hydrogen-bond acceptors (Lipinski definition) is 2. The second-order valence-corrected chi connectivity index (χ2v) is 4.18. The van der Waals surface area contributed by atoms with Crippen LogP contribution in [0.1, 0.15) is 15.9 Å². The monoisotopic (exact) mass is 262 g/mol. The van der Waals surface area contributed by atoms with Gasteiger partial charge >= 0.3 is 5.97 Å². The van der Waals surface area contributed by atoms with Gasteiger partial charge in [-0.15, -0.1) is 0 Å². The maximum Gasteiger partial charge on any atom is 0.337 e. The Balaban J connectivity index is 2.59. The third kappa shape index (κ3) is 2.78. The minimum Gasteiger partial charge on any atom is -0.465 e. The van der Waals surface area contributed by atoms with Crippen molar-refractivity contribution >= 4 is 5.97 Å². The summed E-state index contributed by atoms with van der Waals surface area (Å²) in [6.07, 6.45) is 0. The Bertz CT molecular complexity index is 636. The van der Waals surface area contributed by atoms with Crippen LogP contribution in [0.4, 0.5) is 8.78 Å². The van der Waals surface area contributed by atoms with Crippen LogP contribution in [-0.2, 0) is 4.74 Å². The Hall–Kier alpha value is -2.23. The van der Waals surface area contributed by atoms with E-state index in [1.54, 1.807) is 13.0 Å². The molecule has 0 aliphatic heterocycles. The number of aryl methyl sites for hydroxylation is 1. The van der Waals surface area contributed by atoms with Crippen molar-refractivity contribution in [3.63, 3.8) is 0 Å². The van der Waals surface area contributed by atoms with Crippen LogP contribution in [0.5, 0.6) is 0 Å². The van der Waals surface area contributed by atoms with Crippen molar-refractivity contribution in [2.24, 2.45) is 0 Å². The Labute approximate surface area is 109 Å². The van der Waals surface area contributed by atoms with Crippen LogP contribution in [0.15, 0.2) is 36.4 Å². The van der Waals surface area contributed by atoms with Gasteiger partial charge in [0.25, 0.3) is 0 Å². The van der Waals surface area contributed by atoms with Crippen LogP contribution in [0.3, 0.4) is 0 Å². The molecular formula is C15H12F2O2. The largest absolute Gasteiger partial charge is 0.465 e. The minimum absolute atomic E-state index is 0.0983. The molecule has 98 valence electrons. The number of methoxy groups -OCH3 is 1. The second-order valence-electron chi connectivity index (χ2n) is 4.18. The zero-order valence-electron chi connectivity index (χ0n) is 10.5. The number of halogens is 2. The lowest BCUT2D eigenvalue weighted by Crippen LogP contribution is -2.02. The van der Waals surface area contributed by atoms with E-state index in [1.165, 1.54) is 31.4 Å². The number of ether oxygens (including phenoxy) is 1. The van der Waals surface area contributed by atoms with E-state index in [-0.39, 0.29) is 5.56 Å². The van der Waals surface area contributed by atoms with E-state index in [0.717, 1.165) is 11.6 Å².